The molecule has 2 rings (SSSR count). The van der Waals surface area contributed by atoms with Gasteiger partial charge in [-0.2, -0.15) is 0 Å². The number of nitrogens with zero attached hydrogens (tertiary/aromatic N) is 2. The average molecular weight is 290 g/mol. The molecule has 6 heteroatoms. The van der Waals surface area contributed by atoms with Crippen LogP contribution in [0.1, 0.15) is 30.2 Å². The predicted molar refractivity (Wildman–Crippen MR) is 76.4 cm³/mol. The van der Waals surface area contributed by atoms with Crippen LogP contribution in [0.2, 0.25) is 0 Å². The summed E-state index contributed by atoms with van der Waals surface area (Å²) < 4.78 is 1.59. The van der Waals surface area contributed by atoms with Gasteiger partial charge in [0.1, 0.15) is 0 Å². The maximum absolute atomic E-state index is 12.2. The van der Waals surface area contributed by atoms with E-state index in [0.717, 1.165) is 0 Å². The van der Waals surface area contributed by atoms with Crippen molar-refractivity contribution < 1.29 is 9.90 Å². The third-order valence-corrected chi connectivity index (χ3v) is 3.65. The van der Waals surface area contributed by atoms with E-state index >= 15 is 0 Å². The van der Waals surface area contributed by atoms with E-state index in [2.05, 4.69) is 4.98 Å². The summed E-state index contributed by atoms with van der Waals surface area (Å²) in [6.45, 7) is 3.84. The van der Waals surface area contributed by atoms with Gasteiger partial charge in [0, 0.05) is 23.3 Å². The summed E-state index contributed by atoms with van der Waals surface area (Å²) in [5, 5.41) is 9.29. The van der Waals surface area contributed by atoms with Crippen LogP contribution in [0.25, 0.3) is 0 Å². The van der Waals surface area contributed by atoms with Gasteiger partial charge in [0.15, 0.2) is 5.03 Å². The lowest BCUT2D eigenvalue weighted by Gasteiger charge is -2.10. The van der Waals surface area contributed by atoms with E-state index in [4.69, 9.17) is 5.11 Å². The molecule has 0 aliphatic rings. The zero-order chi connectivity index (χ0) is 14.7. The minimum Gasteiger partial charge on any atom is -0.478 e. The number of carboxylic acid groups (broad SMARTS) is 1. The highest BCUT2D eigenvalue weighted by Gasteiger charge is 2.10. The van der Waals surface area contributed by atoms with E-state index in [0.29, 0.717) is 9.92 Å². The third kappa shape index (κ3) is 3.08. The first-order valence-electron chi connectivity index (χ1n) is 6.07. The number of hydrogen-bond acceptors (Lipinski definition) is 4. The van der Waals surface area contributed by atoms with Crippen LogP contribution in [0.3, 0.4) is 0 Å². The highest BCUT2D eigenvalue weighted by atomic mass is 32.2. The maximum Gasteiger partial charge on any atom is 0.335 e. The summed E-state index contributed by atoms with van der Waals surface area (Å²) in [7, 11) is 0. The van der Waals surface area contributed by atoms with Crippen molar-refractivity contribution in [1.82, 2.24) is 9.55 Å². The molecule has 20 heavy (non-hydrogen) atoms. The lowest BCUT2D eigenvalue weighted by Crippen LogP contribution is -2.23. The number of carbonyl (C=O) groups is 1. The molecule has 0 spiro atoms. The summed E-state index contributed by atoms with van der Waals surface area (Å²) in [6, 6.07) is 6.49. The van der Waals surface area contributed by atoms with Gasteiger partial charge in [0.05, 0.1) is 5.56 Å². The predicted octanol–water partition coefficient (Wildman–Crippen LogP) is 2.67. The van der Waals surface area contributed by atoms with Crippen LogP contribution in [0, 0.1) is 0 Å². The largest absolute Gasteiger partial charge is 0.478 e. The Labute approximate surface area is 120 Å². The Morgan fingerprint density at radius 2 is 2.15 bits per heavy atom. The first kappa shape index (κ1) is 14.3. The molecule has 0 saturated heterocycles. The van der Waals surface area contributed by atoms with Gasteiger partial charge in [-0.15, -0.1) is 0 Å². The topological polar surface area (TPSA) is 72.2 Å². The molecule has 1 aromatic carbocycles. The molecule has 0 aliphatic carbocycles. The van der Waals surface area contributed by atoms with Crippen LogP contribution in [0.4, 0.5) is 0 Å². The fourth-order valence-corrected chi connectivity index (χ4v) is 2.55. The SMILES string of the molecule is CC(C)n1ccnc(Sc2cccc(C(=O)O)c2)c1=O. The van der Waals surface area contributed by atoms with E-state index in [1.165, 1.54) is 23.9 Å². The van der Waals surface area contributed by atoms with Gasteiger partial charge >= 0.3 is 5.97 Å². The fourth-order valence-electron chi connectivity index (χ4n) is 1.69. The molecule has 1 heterocycles. The summed E-state index contributed by atoms with van der Waals surface area (Å²) in [4.78, 5) is 27.9. The van der Waals surface area contributed by atoms with E-state index in [1.54, 1.807) is 29.1 Å². The quantitative estimate of drug-likeness (QED) is 0.937. The molecule has 5 nitrogen and oxygen atoms in total. The highest BCUT2D eigenvalue weighted by molar-refractivity contribution is 7.99. The van der Waals surface area contributed by atoms with Crippen molar-refractivity contribution >= 4 is 17.7 Å². The smallest absolute Gasteiger partial charge is 0.335 e. The number of aromatic carboxylic acids is 1. The lowest BCUT2D eigenvalue weighted by atomic mass is 10.2. The molecular weight excluding hydrogens is 276 g/mol. The van der Waals surface area contributed by atoms with Crippen molar-refractivity contribution in [3.63, 3.8) is 0 Å². The lowest BCUT2D eigenvalue weighted by molar-refractivity contribution is 0.0696. The molecular formula is C14H14N2O3S. The Morgan fingerprint density at radius 3 is 2.80 bits per heavy atom. The van der Waals surface area contributed by atoms with Crippen LogP contribution in [-0.2, 0) is 0 Å². The Bertz CT molecular complexity index is 695. The zero-order valence-corrected chi connectivity index (χ0v) is 11.9. The monoisotopic (exact) mass is 290 g/mol. The Hall–Kier alpha value is -2.08. The first-order chi connectivity index (χ1) is 9.49. The summed E-state index contributed by atoms with van der Waals surface area (Å²) in [6.07, 6.45) is 3.22. The number of benzene rings is 1. The number of rotatable bonds is 4. The van der Waals surface area contributed by atoms with Gasteiger partial charge in [-0.25, -0.2) is 9.78 Å². The molecule has 0 atom stereocenters. The molecule has 1 aromatic heterocycles. The van der Waals surface area contributed by atoms with Crippen LogP contribution < -0.4 is 5.56 Å². The molecule has 0 saturated carbocycles. The maximum atomic E-state index is 12.2. The number of carboxylic acids is 1. The molecule has 104 valence electrons. The molecule has 0 unspecified atom stereocenters. The van der Waals surface area contributed by atoms with E-state index in [9.17, 15) is 9.59 Å². The van der Waals surface area contributed by atoms with Gasteiger partial charge in [-0.1, -0.05) is 17.8 Å². The van der Waals surface area contributed by atoms with Gasteiger partial charge in [-0.3, -0.25) is 4.79 Å². The van der Waals surface area contributed by atoms with Gasteiger partial charge in [0.2, 0.25) is 0 Å². The molecule has 0 fully saturated rings. The molecule has 0 radical (unpaired) electrons. The Balaban J connectivity index is 2.36. The second-order valence-corrected chi connectivity index (χ2v) is 5.54. The van der Waals surface area contributed by atoms with E-state index < -0.39 is 5.97 Å². The summed E-state index contributed by atoms with van der Waals surface area (Å²) >= 11 is 1.17. The minimum atomic E-state index is -0.993. The average Bonchev–Trinajstić information content (AvgIpc) is 2.41. The van der Waals surface area contributed by atoms with Crippen molar-refractivity contribution in [2.75, 3.05) is 0 Å². The van der Waals surface area contributed by atoms with Crippen LogP contribution in [0.15, 0.2) is 51.4 Å². The first-order valence-corrected chi connectivity index (χ1v) is 6.89. The summed E-state index contributed by atoms with van der Waals surface area (Å²) in [5.74, 6) is -0.993. The van der Waals surface area contributed by atoms with E-state index in [1.807, 2.05) is 13.8 Å². The van der Waals surface area contributed by atoms with Gasteiger partial charge in [0.25, 0.3) is 5.56 Å². The Morgan fingerprint density at radius 1 is 1.40 bits per heavy atom. The van der Waals surface area contributed by atoms with Crippen molar-refractivity contribution in [3.05, 3.63) is 52.6 Å². The molecule has 0 aliphatic heterocycles. The molecule has 0 amide bonds. The third-order valence-electron chi connectivity index (χ3n) is 2.69. The zero-order valence-electron chi connectivity index (χ0n) is 11.1. The minimum absolute atomic E-state index is 0.0511. The van der Waals surface area contributed by atoms with Crippen molar-refractivity contribution in [2.24, 2.45) is 0 Å². The van der Waals surface area contributed by atoms with E-state index in [-0.39, 0.29) is 17.2 Å². The standard InChI is InChI=1S/C14H14N2O3S/c1-9(2)16-7-6-15-12(13(16)17)20-11-5-3-4-10(8-11)14(18)19/h3-9H,1-2H3,(H,18,19). The van der Waals surface area contributed by atoms with Gasteiger partial charge < -0.3 is 9.67 Å². The van der Waals surface area contributed by atoms with Crippen LogP contribution in [0.5, 0.6) is 0 Å². The molecule has 0 bridgehead atoms. The van der Waals surface area contributed by atoms with Crippen molar-refractivity contribution in [3.8, 4) is 0 Å². The van der Waals surface area contributed by atoms with Crippen molar-refractivity contribution in [1.29, 1.82) is 0 Å². The highest BCUT2D eigenvalue weighted by Crippen LogP contribution is 2.24. The molecule has 1 N–H and O–H groups in total. The van der Waals surface area contributed by atoms with Crippen LogP contribution >= 0.6 is 11.8 Å². The fraction of sp³-hybridized carbons (Fsp3) is 0.214. The molecule has 2 aromatic rings. The Kier molecular flexibility index (Phi) is 4.24. The summed E-state index contributed by atoms with van der Waals surface area (Å²) in [5.41, 5.74) is 0.0170. The van der Waals surface area contributed by atoms with Gasteiger partial charge in [-0.05, 0) is 32.0 Å². The number of hydrogen-bond donors (Lipinski definition) is 1. The van der Waals surface area contributed by atoms with Crippen molar-refractivity contribution in [2.45, 2.75) is 29.8 Å². The van der Waals surface area contributed by atoms with Crippen LogP contribution in [-0.4, -0.2) is 20.6 Å². The second-order valence-electron chi connectivity index (χ2n) is 4.47. The normalized spacial score (nSPS) is 10.8. The second kappa shape index (κ2) is 5.92. The number of aromatic nitrogens is 2.